The molecular weight excluding hydrogens is 334 g/mol. The van der Waals surface area contributed by atoms with Crippen molar-refractivity contribution < 1.29 is 27.1 Å². The van der Waals surface area contributed by atoms with Gasteiger partial charge in [0.2, 0.25) is 15.8 Å². The van der Waals surface area contributed by atoms with Gasteiger partial charge in [0.1, 0.15) is 11.5 Å². The molecule has 1 N–H and O–H groups in total. The van der Waals surface area contributed by atoms with Crippen molar-refractivity contribution in [1.82, 2.24) is 4.72 Å². The van der Waals surface area contributed by atoms with Crippen LogP contribution < -0.4 is 9.46 Å². The van der Waals surface area contributed by atoms with Crippen molar-refractivity contribution in [3.05, 3.63) is 47.4 Å². The maximum Gasteiger partial charge on any atom is 0.374 e. The molecule has 0 atom stereocenters. The van der Waals surface area contributed by atoms with E-state index in [1.807, 2.05) is 0 Å². The number of aryl methyl sites for hydroxylation is 1. The normalized spacial score (nSPS) is 11.3. The van der Waals surface area contributed by atoms with Crippen LogP contribution >= 0.6 is 0 Å². The van der Waals surface area contributed by atoms with Gasteiger partial charge >= 0.3 is 5.97 Å². The van der Waals surface area contributed by atoms with Crippen LogP contribution in [0, 0.1) is 6.92 Å². The quantitative estimate of drug-likeness (QED) is 0.767. The van der Waals surface area contributed by atoms with Crippen LogP contribution in [0.5, 0.6) is 5.75 Å². The predicted octanol–water partition coefficient (Wildman–Crippen LogP) is 2.25. The highest BCUT2D eigenvalue weighted by molar-refractivity contribution is 7.89. The Morgan fingerprint density at radius 3 is 2.62 bits per heavy atom. The van der Waals surface area contributed by atoms with Crippen molar-refractivity contribution in [3.8, 4) is 5.75 Å². The molecule has 0 saturated carbocycles. The van der Waals surface area contributed by atoms with Crippen LogP contribution in [0.3, 0.4) is 0 Å². The monoisotopic (exact) mass is 353 g/mol. The third kappa shape index (κ3) is 4.15. The number of carbonyl (C=O) groups excluding carboxylic acids is 1. The summed E-state index contributed by atoms with van der Waals surface area (Å²) in [6.07, 6.45) is 0. The SMILES string of the molecule is CCOC(=O)c1ccc(CNS(=O)(=O)c2ccc(OC)c(C)c2)o1. The fourth-order valence-corrected chi connectivity index (χ4v) is 3.13. The second kappa shape index (κ2) is 7.50. The molecule has 2 aromatic rings. The molecule has 2 rings (SSSR count). The minimum Gasteiger partial charge on any atom is -0.496 e. The molecule has 0 bridgehead atoms. The standard InChI is InChI=1S/C16H19NO6S/c1-4-22-16(18)15-7-5-12(23-15)10-17-24(19,20)13-6-8-14(21-3)11(2)9-13/h5-9,17H,4,10H2,1-3H3. The number of carbonyl (C=O) groups is 1. The van der Waals surface area contributed by atoms with Gasteiger partial charge in [-0.05, 0) is 49.7 Å². The zero-order chi connectivity index (χ0) is 17.7. The molecule has 0 saturated heterocycles. The topological polar surface area (TPSA) is 94.8 Å². The van der Waals surface area contributed by atoms with Crippen LogP contribution in [0.15, 0.2) is 39.6 Å². The van der Waals surface area contributed by atoms with E-state index >= 15 is 0 Å². The largest absolute Gasteiger partial charge is 0.496 e. The van der Waals surface area contributed by atoms with E-state index in [0.29, 0.717) is 17.1 Å². The van der Waals surface area contributed by atoms with Gasteiger partial charge in [0.15, 0.2) is 0 Å². The minimum absolute atomic E-state index is 0.0336. The van der Waals surface area contributed by atoms with Crippen LogP contribution in [-0.4, -0.2) is 28.1 Å². The van der Waals surface area contributed by atoms with E-state index in [9.17, 15) is 13.2 Å². The van der Waals surface area contributed by atoms with Crippen molar-refractivity contribution in [2.45, 2.75) is 25.3 Å². The molecule has 0 amide bonds. The molecule has 0 aliphatic rings. The Balaban J connectivity index is 2.08. The third-order valence-corrected chi connectivity index (χ3v) is 4.65. The van der Waals surface area contributed by atoms with Gasteiger partial charge in [0, 0.05) is 0 Å². The number of furan rings is 1. The van der Waals surface area contributed by atoms with E-state index in [4.69, 9.17) is 13.9 Å². The number of esters is 1. The maximum atomic E-state index is 12.3. The van der Waals surface area contributed by atoms with Gasteiger partial charge < -0.3 is 13.9 Å². The number of methoxy groups -OCH3 is 1. The van der Waals surface area contributed by atoms with Crippen LogP contribution in [0.4, 0.5) is 0 Å². The van der Waals surface area contributed by atoms with Crippen LogP contribution in [0.25, 0.3) is 0 Å². The highest BCUT2D eigenvalue weighted by Gasteiger charge is 2.17. The number of ether oxygens (including phenoxy) is 2. The lowest BCUT2D eigenvalue weighted by molar-refractivity contribution is 0.0488. The van der Waals surface area contributed by atoms with E-state index in [1.54, 1.807) is 19.9 Å². The van der Waals surface area contributed by atoms with Crippen LogP contribution in [-0.2, 0) is 21.3 Å². The molecular formula is C16H19NO6S. The lowest BCUT2D eigenvalue weighted by Gasteiger charge is -2.09. The van der Waals surface area contributed by atoms with E-state index in [1.165, 1.54) is 31.4 Å². The van der Waals surface area contributed by atoms with Crippen molar-refractivity contribution >= 4 is 16.0 Å². The Bertz CT molecular complexity index is 825. The van der Waals surface area contributed by atoms with Gasteiger partial charge in [-0.2, -0.15) is 0 Å². The summed E-state index contributed by atoms with van der Waals surface area (Å²) in [5.74, 6) is 0.370. The van der Waals surface area contributed by atoms with E-state index in [2.05, 4.69) is 4.72 Å². The summed E-state index contributed by atoms with van der Waals surface area (Å²) >= 11 is 0. The number of hydrogen-bond acceptors (Lipinski definition) is 6. The Kier molecular flexibility index (Phi) is 5.63. The first-order valence-corrected chi connectivity index (χ1v) is 8.76. The maximum absolute atomic E-state index is 12.3. The molecule has 1 heterocycles. The highest BCUT2D eigenvalue weighted by Crippen LogP contribution is 2.21. The highest BCUT2D eigenvalue weighted by atomic mass is 32.2. The Labute approximate surface area is 140 Å². The van der Waals surface area contributed by atoms with Gasteiger partial charge in [-0.3, -0.25) is 0 Å². The van der Waals surface area contributed by atoms with E-state index < -0.39 is 16.0 Å². The van der Waals surface area contributed by atoms with E-state index in [0.717, 1.165) is 0 Å². The fourth-order valence-electron chi connectivity index (χ4n) is 2.05. The van der Waals surface area contributed by atoms with Gasteiger partial charge in [-0.15, -0.1) is 0 Å². The minimum atomic E-state index is -3.71. The summed E-state index contributed by atoms with van der Waals surface area (Å²) in [7, 11) is -2.19. The van der Waals surface area contributed by atoms with Gasteiger partial charge in [0.05, 0.1) is 25.2 Å². The van der Waals surface area contributed by atoms with Crippen LogP contribution in [0.1, 0.15) is 28.8 Å². The smallest absolute Gasteiger partial charge is 0.374 e. The van der Waals surface area contributed by atoms with Crippen molar-refractivity contribution in [2.24, 2.45) is 0 Å². The van der Waals surface area contributed by atoms with Crippen molar-refractivity contribution in [3.63, 3.8) is 0 Å². The number of benzene rings is 1. The van der Waals surface area contributed by atoms with Crippen molar-refractivity contribution in [1.29, 1.82) is 0 Å². The number of sulfonamides is 1. The summed E-state index contributed by atoms with van der Waals surface area (Å²) in [5.41, 5.74) is 0.711. The molecule has 0 fully saturated rings. The lowest BCUT2D eigenvalue weighted by Crippen LogP contribution is -2.23. The molecule has 0 spiro atoms. The first-order valence-electron chi connectivity index (χ1n) is 7.27. The van der Waals surface area contributed by atoms with Gasteiger partial charge in [0.25, 0.3) is 0 Å². The Morgan fingerprint density at radius 2 is 2.00 bits per heavy atom. The molecule has 0 aliphatic heterocycles. The second-order valence-electron chi connectivity index (χ2n) is 4.94. The Morgan fingerprint density at radius 1 is 1.25 bits per heavy atom. The zero-order valence-electron chi connectivity index (χ0n) is 13.7. The molecule has 0 radical (unpaired) electrons. The van der Waals surface area contributed by atoms with Gasteiger partial charge in [-0.25, -0.2) is 17.9 Å². The first-order chi connectivity index (χ1) is 11.4. The van der Waals surface area contributed by atoms with Crippen molar-refractivity contribution in [2.75, 3.05) is 13.7 Å². The molecule has 24 heavy (non-hydrogen) atoms. The molecule has 8 heteroatoms. The Hall–Kier alpha value is -2.32. The first kappa shape index (κ1) is 18.0. The lowest BCUT2D eigenvalue weighted by atomic mass is 10.2. The number of rotatable bonds is 7. The zero-order valence-corrected chi connectivity index (χ0v) is 14.5. The number of nitrogens with one attached hydrogen (secondary N) is 1. The van der Waals surface area contributed by atoms with E-state index in [-0.39, 0.29) is 23.8 Å². The molecule has 130 valence electrons. The summed E-state index contributed by atoms with van der Waals surface area (Å²) in [4.78, 5) is 11.6. The van der Waals surface area contributed by atoms with Crippen LogP contribution in [0.2, 0.25) is 0 Å². The average Bonchev–Trinajstić information content (AvgIpc) is 3.02. The molecule has 1 aromatic carbocycles. The summed E-state index contributed by atoms with van der Waals surface area (Å²) < 4.78 is 42.2. The fraction of sp³-hybridized carbons (Fsp3) is 0.312. The molecule has 0 unspecified atom stereocenters. The molecule has 1 aromatic heterocycles. The second-order valence-corrected chi connectivity index (χ2v) is 6.71. The molecule has 7 nitrogen and oxygen atoms in total. The van der Waals surface area contributed by atoms with Gasteiger partial charge in [-0.1, -0.05) is 0 Å². The summed E-state index contributed by atoms with van der Waals surface area (Å²) in [6, 6.07) is 7.54. The molecule has 0 aliphatic carbocycles. The summed E-state index contributed by atoms with van der Waals surface area (Å²) in [5, 5.41) is 0. The predicted molar refractivity (Wildman–Crippen MR) is 86.4 cm³/mol. The summed E-state index contributed by atoms with van der Waals surface area (Å²) in [6.45, 7) is 3.61. The number of hydrogen-bond donors (Lipinski definition) is 1. The average molecular weight is 353 g/mol. The third-order valence-electron chi connectivity index (χ3n) is 3.25.